The quantitative estimate of drug-likeness (QED) is 0.587. The van der Waals surface area contributed by atoms with E-state index in [2.05, 4.69) is 17.5 Å². The molecule has 0 saturated heterocycles. The molecule has 0 radical (unpaired) electrons. The lowest BCUT2D eigenvalue weighted by atomic mass is 11.3. The molecule has 0 aliphatic rings. The highest BCUT2D eigenvalue weighted by Crippen LogP contribution is 1.68. The van der Waals surface area contributed by atoms with Crippen LogP contribution in [-0.2, 0) is 22.7 Å². The molecular weight excluding hydrogens is 156 g/mol. The van der Waals surface area contributed by atoms with E-state index in [9.17, 15) is 0 Å². The summed E-state index contributed by atoms with van der Waals surface area (Å²) in [6.45, 7) is 0.448. The summed E-state index contributed by atoms with van der Waals surface area (Å²) in [6, 6.07) is 0. The van der Waals surface area contributed by atoms with Crippen molar-refractivity contribution in [3.8, 4) is 0 Å². The molecule has 6 heteroatoms. The summed E-state index contributed by atoms with van der Waals surface area (Å²) < 4.78 is 15.0. The highest BCUT2D eigenvalue weighted by molar-refractivity contribution is 7.57. The zero-order valence-corrected chi connectivity index (χ0v) is 6.95. The van der Waals surface area contributed by atoms with Crippen LogP contribution < -0.4 is 0 Å². The Bertz CT molecular complexity index is 154. The van der Waals surface area contributed by atoms with Crippen molar-refractivity contribution >= 4 is 22.7 Å². The fraction of sp³-hybridized carbons (Fsp3) is 1.00. The molecule has 9 heavy (non-hydrogen) atoms. The van der Waals surface area contributed by atoms with Gasteiger partial charge in [0, 0.05) is 14.1 Å². The van der Waals surface area contributed by atoms with E-state index in [0.29, 0.717) is 6.67 Å². The van der Waals surface area contributed by atoms with Crippen LogP contribution in [0.5, 0.6) is 0 Å². The first-order valence-corrected chi connectivity index (χ1v) is 3.72. The molecule has 0 rings (SSSR count). The fourth-order valence-electron chi connectivity index (χ4n) is 0.191. The standard InChI is InChI=1S/C3H8N4S2/c1-4-8-6-3-7-9-5-2/h3H2,1-2H3. The molecule has 0 aliphatic carbocycles. The Balaban J connectivity index is 3.53. The number of hydrogen-bond acceptors (Lipinski definition) is 4. The molecule has 0 unspecified atom stereocenters. The van der Waals surface area contributed by atoms with E-state index in [1.165, 1.54) is 0 Å². The first-order chi connectivity index (χ1) is 4.41. The van der Waals surface area contributed by atoms with Crippen LogP contribution in [0.4, 0.5) is 0 Å². The maximum atomic E-state index is 3.83. The second kappa shape index (κ2) is 7.64. The second-order valence-electron chi connectivity index (χ2n) is 0.928. The van der Waals surface area contributed by atoms with Crippen LogP contribution in [0.1, 0.15) is 0 Å². The van der Waals surface area contributed by atoms with Gasteiger partial charge in [-0.3, -0.25) is 0 Å². The van der Waals surface area contributed by atoms with Gasteiger partial charge in [-0.05, 0) is 0 Å². The Morgan fingerprint density at radius 1 is 1.00 bits per heavy atom. The van der Waals surface area contributed by atoms with Gasteiger partial charge in [0.15, 0.2) is 6.67 Å². The summed E-state index contributed by atoms with van der Waals surface area (Å²) in [5, 5.41) is 0. The van der Waals surface area contributed by atoms with Gasteiger partial charge in [0.2, 0.25) is 0 Å². The molecule has 0 aliphatic heterocycles. The first-order valence-electron chi connectivity index (χ1n) is 2.26. The normalized spacial score (nSPS) is 7.33. The third kappa shape index (κ3) is 7.64. The molecule has 0 amide bonds. The van der Waals surface area contributed by atoms with Crippen molar-refractivity contribution in [2.75, 3.05) is 20.8 Å². The molecule has 0 fully saturated rings. The van der Waals surface area contributed by atoms with Gasteiger partial charge >= 0.3 is 0 Å². The van der Waals surface area contributed by atoms with Crippen LogP contribution in [0.2, 0.25) is 0 Å². The van der Waals surface area contributed by atoms with Gasteiger partial charge in [-0.1, -0.05) is 0 Å². The molecular formula is C3H8N4S2. The van der Waals surface area contributed by atoms with Gasteiger partial charge in [0.05, 0.1) is 22.7 Å². The maximum Gasteiger partial charge on any atom is 0.156 e. The molecule has 52 valence electrons. The topological polar surface area (TPSA) is 49.4 Å². The average Bonchev–Trinajstić information content (AvgIpc) is 1.89. The van der Waals surface area contributed by atoms with Crippen molar-refractivity contribution in [1.82, 2.24) is 0 Å². The van der Waals surface area contributed by atoms with Crippen LogP contribution in [0.15, 0.2) is 17.5 Å². The summed E-state index contributed by atoms with van der Waals surface area (Å²) in [6.07, 6.45) is 0. The van der Waals surface area contributed by atoms with E-state index in [1.807, 2.05) is 0 Å². The molecule has 0 aromatic rings. The van der Waals surface area contributed by atoms with Crippen LogP contribution in [0, 0.1) is 0 Å². The van der Waals surface area contributed by atoms with E-state index in [4.69, 9.17) is 0 Å². The van der Waals surface area contributed by atoms with Gasteiger partial charge < -0.3 is 0 Å². The Labute approximate surface area is 61.5 Å². The Morgan fingerprint density at radius 3 is 1.78 bits per heavy atom. The summed E-state index contributed by atoms with van der Waals surface area (Å²) >= 11 is 2.32. The van der Waals surface area contributed by atoms with Gasteiger partial charge in [-0.25, -0.2) is 8.73 Å². The zero-order valence-electron chi connectivity index (χ0n) is 5.31. The Kier molecular flexibility index (Phi) is 7.33. The zero-order chi connectivity index (χ0) is 6.95. The van der Waals surface area contributed by atoms with E-state index >= 15 is 0 Å². The minimum atomic E-state index is 0.448. The minimum absolute atomic E-state index is 0.448. The predicted octanol–water partition coefficient (Wildman–Crippen LogP) is 1.10. The van der Waals surface area contributed by atoms with E-state index < -0.39 is 0 Å². The van der Waals surface area contributed by atoms with Crippen molar-refractivity contribution in [3.63, 3.8) is 0 Å². The lowest BCUT2D eigenvalue weighted by Crippen LogP contribution is -1.63. The summed E-state index contributed by atoms with van der Waals surface area (Å²) in [5.41, 5.74) is 0. The number of hydrogen-bond donors (Lipinski definition) is 0. The monoisotopic (exact) mass is 164 g/mol. The lowest BCUT2D eigenvalue weighted by Gasteiger charge is -1.69. The SMILES string of the molecule is CN=S=NCN=S=NC. The van der Waals surface area contributed by atoms with Gasteiger partial charge in [0.25, 0.3) is 0 Å². The minimum Gasteiger partial charge on any atom is -0.217 e. The molecule has 0 aromatic heterocycles. The summed E-state index contributed by atoms with van der Waals surface area (Å²) in [5.74, 6) is 0. The first kappa shape index (κ1) is 8.64. The van der Waals surface area contributed by atoms with E-state index in [1.54, 1.807) is 14.1 Å². The van der Waals surface area contributed by atoms with Crippen molar-refractivity contribution in [1.29, 1.82) is 0 Å². The highest BCUT2D eigenvalue weighted by atomic mass is 32.1. The van der Waals surface area contributed by atoms with Crippen molar-refractivity contribution < 1.29 is 0 Å². The predicted molar refractivity (Wildman–Crippen MR) is 41.2 cm³/mol. The van der Waals surface area contributed by atoms with Crippen LogP contribution in [0.3, 0.4) is 0 Å². The van der Waals surface area contributed by atoms with Crippen molar-refractivity contribution in [2.24, 2.45) is 17.5 Å². The largest absolute Gasteiger partial charge is 0.217 e. The maximum absolute atomic E-state index is 3.83. The van der Waals surface area contributed by atoms with Crippen molar-refractivity contribution in [2.45, 2.75) is 0 Å². The average molecular weight is 164 g/mol. The molecule has 0 saturated carbocycles. The van der Waals surface area contributed by atoms with E-state index in [-0.39, 0.29) is 0 Å². The number of rotatable bonds is 2. The Morgan fingerprint density at radius 2 is 1.44 bits per heavy atom. The third-order valence-electron chi connectivity index (χ3n) is 0.394. The molecule has 0 aromatic carbocycles. The Hall–Kier alpha value is -0.360. The molecule has 0 spiro atoms. The van der Waals surface area contributed by atoms with Gasteiger partial charge in [-0.15, -0.1) is 0 Å². The van der Waals surface area contributed by atoms with Crippen LogP contribution >= 0.6 is 0 Å². The lowest BCUT2D eigenvalue weighted by molar-refractivity contribution is 1.12. The van der Waals surface area contributed by atoms with Crippen molar-refractivity contribution in [3.05, 3.63) is 0 Å². The van der Waals surface area contributed by atoms with Crippen LogP contribution in [-0.4, -0.2) is 20.8 Å². The molecule has 0 atom stereocenters. The molecule has 0 heterocycles. The molecule has 0 N–H and O–H groups in total. The third-order valence-corrected chi connectivity index (χ3v) is 1.18. The van der Waals surface area contributed by atoms with Gasteiger partial charge in [-0.2, -0.15) is 8.73 Å². The molecule has 0 bridgehead atoms. The number of nitrogens with zero attached hydrogens (tertiary/aromatic N) is 4. The molecule has 4 nitrogen and oxygen atoms in total. The van der Waals surface area contributed by atoms with Crippen LogP contribution in [0.25, 0.3) is 0 Å². The van der Waals surface area contributed by atoms with E-state index in [0.717, 1.165) is 22.7 Å². The smallest absolute Gasteiger partial charge is 0.156 e. The highest BCUT2D eigenvalue weighted by Gasteiger charge is 1.62. The fourth-order valence-corrected chi connectivity index (χ4v) is 0.713. The summed E-state index contributed by atoms with van der Waals surface area (Å²) in [4.78, 5) is 0. The second-order valence-corrected chi connectivity index (χ2v) is 2.50. The van der Waals surface area contributed by atoms with Gasteiger partial charge in [0.1, 0.15) is 0 Å². The summed E-state index contributed by atoms with van der Waals surface area (Å²) in [7, 11) is 3.37.